The van der Waals surface area contributed by atoms with Gasteiger partial charge in [-0.15, -0.1) is 0 Å². The number of hydrogen-bond donors (Lipinski definition) is 1. The summed E-state index contributed by atoms with van der Waals surface area (Å²) in [6.07, 6.45) is 3.21. The van der Waals surface area contributed by atoms with Crippen molar-refractivity contribution in [3.05, 3.63) is 53.6 Å². The lowest BCUT2D eigenvalue weighted by Gasteiger charge is -2.35. The lowest BCUT2D eigenvalue weighted by molar-refractivity contribution is -0.201. The molecule has 1 unspecified atom stereocenters. The predicted octanol–water partition coefficient (Wildman–Crippen LogP) is 2.72. The molecule has 106 valence electrons. The molecule has 0 amide bonds. The molecule has 0 radical (unpaired) electrons. The van der Waals surface area contributed by atoms with E-state index in [9.17, 15) is 9.90 Å². The molecule has 1 atom stereocenters. The van der Waals surface area contributed by atoms with E-state index in [1.807, 2.05) is 6.07 Å². The molecule has 1 aromatic rings. The van der Waals surface area contributed by atoms with Gasteiger partial charge in [-0.25, -0.2) is 0 Å². The van der Waals surface area contributed by atoms with Crippen LogP contribution in [0.25, 0.3) is 5.76 Å². The molecule has 4 nitrogen and oxygen atoms in total. The van der Waals surface area contributed by atoms with Crippen LogP contribution in [-0.4, -0.2) is 30.9 Å². The van der Waals surface area contributed by atoms with Gasteiger partial charge < -0.3 is 14.6 Å². The van der Waals surface area contributed by atoms with E-state index in [-0.39, 0.29) is 17.1 Å². The van der Waals surface area contributed by atoms with Crippen molar-refractivity contribution in [1.82, 2.24) is 0 Å². The maximum atomic E-state index is 12.4. The molecule has 0 bridgehead atoms. The summed E-state index contributed by atoms with van der Waals surface area (Å²) in [5.41, 5.74) is 0.878. The van der Waals surface area contributed by atoms with E-state index in [2.05, 4.69) is 0 Å². The molecule has 0 aromatic heterocycles. The molecular formula is C16H18O4. The van der Waals surface area contributed by atoms with Gasteiger partial charge in [-0.3, -0.25) is 4.79 Å². The van der Waals surface area contributed by atoms with Crippen LogP contribution < -0.4 is 0 Å². The zero-order chi connectivity index (χ0) is 14.8. The normalized spacial score (nSPS) is 23.8. The van der Waals surface area contributed by atoms with Gasteiger partial charge in [0.15, 0.2) is 11.6 Å². The standard InChI is InChI=1S/C16H18O4/c1-11-14(17)13(9-10-16(11,19-2)20-3)15(18)12-7-5-4-6-8-12/h4-11,18H,1-3H3. The first-order chi connectivity index (χ1) is 9.55. The van der Waals surface area contributed by atoms with E-state index in [0.717, 1.165) is 0 Å². The quantitative estimate of drug-likeness (QED) is 0.523. The van der Waals surface area contributed by atoms with Crippen LogP contribution in [0.5, 0.6) is 0 Å². The molecule has 0 heterocycles. The number of aliphatic hydroxyl groups excluding tert-OH is 1. The van der Waals surface area contributed by atoms with Gasteiger partial charge >= 0.3 is 0 Å². The second-order valence-corrected chi connectivity index (χ2v) is 4.68. The number of ketones is 1. The first-order valence-corrected chi connectivity index (χ1v) is 6.38. The SMILES string of the molecule is COC1(OC)C=CC(=C(O)c2ccccc2)C(=O)C1C. The molecule has 0 spiro atoms. The van der Waals surface area contributed by atoms with Crippen LogP contribution in [0.4, 0.5) is 0 Å². The first kappa shape index (κ1) is 14.5. The van der Waals surface area contributed by atoms with Crippen molar-refractivity contribution in [1.29, 1.82) is 0 Å². The number of methoxy groups -OCH3 is 2. The van der Waals surface area contributed by atoms with Gasteiger partial charge in [-0.1, -0.05) is 30.3 Å². The maximum Gasteiger partial charge on any atom is 0.197 e. The average molecular weight is 274 g/mol. The van der Waals surface area contributed by atoms with Crippen molar-refractivity contribution >= 4 is 11.5 Å². The van der Waals surface area contributed by atoms with Gasteiger partial charge in [0.05, 0.1) is 11.5 Å². The van der Waals surface area contributed by atoms with Gasteiger partial charge in [0, 0.05) is 19.8 Å². The maximum absolute atomic E-state index is 12.4. The number of rotatable bonds is 3. The molecule has 0 fully saturated rings. The number of Topliss-reactive ketones (excluding diaryl/α,β-unsaturated/α-hetero) is 1. The largest absolute Gasteiger partial charge is 0.507 e. The first-order valence-electron chi connectivity index (χ1n) is 6.38. The van der Waals surface area contributed by atoms with Crippen LogP contribution in [0.1, 0.15) is 12.5 Å². The lowest BCUT2D eigenvalue weighted by atomic mass is 9.84. The molecule has 1 aliphatic rings. The fraction of sp³-hybridized carbons (Fsp3) is 0.312. The van der Waals surface area contributed by atoms with Gasteiger partial charge in [-0.2, -0.15) is 0 Å². The van der Waals surface area contributed by atoms with E-state index >= 15 is 0 Å². The molecular weight excluding hydrogens is 256 g/mol. The Morgan fingerprint density at radius 2 is 1.80 bits per heavy atom. The summed E-state index contributed by atoms with van der Waals surface area (Å²) >= 11 is 0. The minimum absolute atomic E-state index is 0.0282. The van der Waals surface area contributed by atoms with Crippen molar-refractivity contribution in [3.8, 4) is 0 Å². The van der Waals surface area contributed by atoms with Crippen LogP contribution in [-0.2, 0) is 14.3 Å². The zero-order valence-electron chi connectivity index (χ0n) is 11.8. The highest BCUT2D eigenvalue weighted by molar-refractivity contribution is 6.06. The number of carbonyl (C=O) groups is 1. The minimum Gasteiger partial charge on any atom is -0.507 e. The molecule has 1 N–H and O–H groups in total. The van der Waals surface area contributed by atoms with E-state index in [0.29, 0.717) is 5.56 Å². The number of ether oxygens (including phenoxy) is 2. The molecule has 1 aliphatic carbocycles. The summed E-state index contributed by atoms with van der Waals surface area (Å²) in [5.74, 6) is -1.85. The monoisotopic (exact) mass is 274 g/mol. The third kappa shape index (κ3) is 2.28. The summed E-state index contributed by atoms with van der Waals surface area (Å²) in [7, 11) is 2.98. The summed E-state index contributed by atoms with van der Waals surface area (Å²) in [5, 5.41) is 10.3. The lowest BCUT2D eigenvalue weighted by Crippen LogP contribution is -2.45. The Morgan fingerprint density at radius 3 is 2.35 bits per heavy atom. The van der Waals surface area contributed by atoms with E-state index in [1.165, 1.54) is 14.2 Å². The van der Waals surface area contributed by atoms with Crippen LogP contribution in [0.2, 0.25) is 0 Å². The number of benzene rings is 1. The van der Waals surface area contributed by atoms with Crippen LogP contribution >= 0.6 is 0 Å². The van der Waals surface area contributed by atoms with Crippen LogP contribution in [0.3, 0.4) is 0 Å². The Morgan fingerprint density at radius 1 is 1.20 bits per heavy atom. The fourth-order valence-corrected chi connectivity index (χ4v) is 2.36. The Labute approximate surface area is 118 Å². The summed E-state index contributed by atoms with van der Waals surface area (Å²) in [4.78, 5) is 12.4. The molecule has 0 saturated heterocycles. The minimum atomic E-state index is -1.07. The van der Waals surface area contributed by atoms with Gasteiger partial charge in [0.2, 0.25) is 0 Å². The molecule has 20 heavy (non-hydrogen) atoms. The van der Waals surface area contributed by atoms with Crippen LogP contribution in [0.15, 0.2) is 48.1 Å². The third-order valence-electron chi connectivity index (χ3n) is 3.69. The molecule has 0 saturated carbocycles. The topological polar surface area (TPSA) is 55.8 Å². The third-order valence-corrected chi connectivity index (χ3v) is 3.69. The summed E-state index contributed by atoms with van der Waals surface area (Å²) in [6.45, 7) is 1.72. The number of carbonyl (C=O) groups excluding carboxylic acids is 1. The summed E-state index contributed by atoms with van der Waals surface area (Å²) < 4.78 is 10.6. The van der Waals surface area contributed by atoms with Crippen LogP contribution in [0, 0.1) is 5.92 Å². The van der Waals surface area contributed by atoms with Crippen molar-refractivity contribution < 1.29 is 19.4 Å². The van der Waals surface area contributed by atoms with E-state index in [4.69, 9.17) is 9.47 Å². The summed E-state index contributed by atoms with van der Waals surface area (Å²) in [6, 6.07) is 8.97. The highest BCUT2D eigenvalue weighted by Gasteiger charge is 2.43. The van der Waals surface area contributed by atoms with Gasteiger partial charge in [0.1, 0.15) is 5.76 Å². The highest BCUT2D eigenvalue weighted by atomic mass is 16.7. The highest BCUT2D eigenvalue weighted by Crippen LogP contribution is 2.34. The van der Waals surface area contributed by atoms with Crippen molar-refractivity contribution in [2.75, 3.05) is 14.2 Å². The smallest absolute Gasteiger partial charge is 0.197 e. The van der Waals surface area contributed by atoms with E-state index < -0.39 is 11.7 Å². The second kappa shape index (κ2) is 5.61. The molecule has 2 rings (SSSR count). The molecule has 4 heteroatoms. The Kier molecular flexibility index (Phi) is 4.06. The molecule has 0 aliphatic heterocycles. The predicted molar refractivity (Wildman–Crippen MR) is 76.1 cm³/mol. The Balaban J connectivity index is 2.48. The second-order valence-electron chi connectivity index (χ2n) is 4.68. The van der Waals surface area contributed by atoms with Crippen molar-refractivity contribution in [2.45, 2.75) is 12.7 Å². The Bertz CT molecular complexity index is 553. The average Bonchev–Trinajstić information content (AvgIpc) is 2.51. The van der Waals surface area contributed by atoms with Crippen molar-refractivity contribution in [2.24, 2.45) is 5.92 Å². The number of hydrogen-bond acceptors (Lipinski definition) is 4. The van der Waals surface area contributed by atoms with Gasteiger partial charge in [-0.05, 0) is 19.1 Å². The van der Waals surface area contributed by atoms with Crippen molar-refractivity contribution in [3.63, 3.8) is 0 Å². The van der Waals surface area contributed by atoms with Gasteiger partial charge in [0.25, 0.3) is 0 Å². The Hall–Kier alpha value is -1.91. The number of allylic oxidation sites excluding steroid dienone is 2. The van der Waals surface area contributed by atoms with E-state index in [1.54, 1.807) is 43.3 Å². The zero-order valence-corrected chi connectivity index (χ0v) is 11.8. The fourth-order valence-electron chi connectivity index (χ4n) is 2.36. The number of aliphatic hydroxyl groups is 1. The molecule has 1 aromatic carbocycles.